The summed E-state index contributed by atoms with van der Waals surface area (Å²) in [5.41, 5.74) is 7.93. The second-order valence-electron chi connectivity index (χ2n) is 10.3. The Morgan fingerprint density at radius 2 is 1.76 bits per heavy atom. The molecule has 2 aliphatic heterocycles. The van der Waals surface area contributed by atoms with Gasteiger partial charge in [0.05, 0.1) is 11.3 Å². The summed E-state index contributed by atoms with van der Waals surface area (Å²) in [7, 11) is 2.22. The van der Waals surface area contributed by atoms with Gasteiger partial charge in [-0.1, -0.05) is 12.1 Å². The number of aryl methyl sites for hydroxylation is 1. The fourth-order valence-electron chi connectivity index (χ4n) is 6.09. The van der Waals surface area contributed by atoms with Crippen LogP contribution in [-0.2, 0) is 0 Å². The van der Waals surface area contributed by atoms with Crippen LogP contribution in [0.25, 0.3) is 39.3 Å². The summed E-state index contributed by atoms with van der Waals surface area (Å²) < 4.78 is 15.8. The molecule has 3 aromatic heterocycles. The molecule has 0 saturated carbocycles. The molecule has 2 aromatic carbocycles. The molecule has 2 aliphatic rings. The number of likely N-dealkylation sites (N-methyl/N-ethyl adjacent to an activating group) is 1. The van der Waals surface area contributed by atoms with E-state index in [4.69, 9.17) is 5.10 Å². The Kier molecular flexibility index (Phi) is 5.19. The third-order valence-corrected chi connectivity index (χ3v) is 8.04. The molecule has 2 fully saturated rings. The van der Waals surface area contributed by atoms with Crippen molar-refractivity contribution in [2.75, 3.05) is 25.0 Å². The molecule has 0 unspecified atom stereocenters. The van der Waals surface area contributed by atoms with Gasteiger partial charge in [-0.2, -0.15) is 5.10 Å². The number of fused-ring (bicyclic) bond motifs is 3. The first-order valence-corrected chi connectivity index (χ1v) is 12.8. The fourth-order valence-corrected chi connectivity index (χ4v) is 6.09. The standard InChI is InChI=1S/C30H27FN6O/c1-18-13-21(36-17-22-15-23(36)16-35(22)2)4-5-24(18)26-9-12-33-30-28(20-3-6-25(31)27(38)14-20)29(34-37(26)30)19-7-10-32-11-8-19/h3-14,22-23,38H,15-17H2,1-2H3/t22-,23-/m1/s1. The third kappa shape index (κ3) is 3.55. The lowest BCUT2D eigenvalue weighted by Gasteiger charge is -2.34. The number of rotatable bonds is 4. The van der Waals surface area contributed by atoms with Crippen LogP contribution in [0, 0.1) is 12.7 Å². The molecule has 2 atom stereocenters. The van der Waals surface area contributed by atoms with Gasteiger partial charge in [0.1, 0.15) is 5.69 Å². The van der Waals surface area contributed by atoms with E-state index in [0.29, 0.717) is 29.0 Å². The van der Waals surface area contributed by atoms with E-state index in [1.165, 1.54) is 24.2 Å². The molecule has 38 heavy (non-hydrogen) atoms. The van der Waals surface area contributed by atoms with Crippen molar-refractivity contribution < 1.29 is 9.50 Å². The molecule has 0 radical (unpaired) electrons. The maximum Gasteiger partial charge on any atom is 0.164 e. The molecule has 5 aromatic rings. The van der Waals surface area contributed by atoms with E-state index in [2.05, 4.69) is 51.9 Å². The molecule has 8 heteroatoms. The van der Waals surface area contributed by atoms with Crippen LogP contribution in [0.3, 0.4) is 0 Å². The van der Waals surface area contributed by atoms with Crippen molar-refractivity contribution in [3.8, 4) is 39.4 Å². The first kappa shape index (κ1) is 22.9. The Morgan fingerprint density at radius 1 is 0.921 bits per heavy atom. The smallest absolute Gasteiger partial charge is 0.164 e. The van der Waals surface area contributed by atoms with Gasteiger partial charge in [-0.05, 0) is 74.0 Å². The first-order valence-electron chi connectivity index (χ1n) is 12.8. The number of likely N-dealkylation sites (tertiary alicyclic amines) is 1. The second-order valence-corrected chi connectivity index (χ2v) is 10.3. The molecule has 0 amide bonds. The predicted octanol–water partition coefficient (Wildman–Crippen LogP) is 5.17. The van der Waals surface area contributed by atoms with Gasteiger partial charge in [0, 0.05) is 60.6 Å². The summed E-state index contributed by atoms with van der Waals surface area (Å²) in [5, 5.41) is 15.1. The molecule has 190 valence electrons. The zero-order valence-electron chi connectivity index (χ0n) is 21.2. The molecule has 7 nitrogen and oxygen atoms in total. The van der Waals surface area contributed by atoms with Gasteiger partial charge in [0.25, 0.3) is 0 Å². The SMILES string of the molecule is Cc1cc(N2C[C@H]3C[C@@H]2CN3C)ccc1-c1ccnc2c(-c3ccc(F)c(O)c3)c(-c3ccncc3)nn12. The van der Waals surface area contributed by atoms with Gasteiger partial charge < -0.3 is 10.0 Å². The number of halogens is 1. The van der Waals surface area contributed by atoms with Gasteiger partial charge in [-0.15, -0.1) is 0 Å². The number of anilines is 1. The number of hydrogen-bond donors (Lipinski definition) is 1. The Hall–Kier alpha value is -4.30. The topological polar surface area (TPSA) is 69.8 Å². The normalized spacial score (nSPS) is 19.1. The van der Waals surface area contributed by atoms with Crippen molar-refractivity contribution in [1.82, 2.24) is 24.5 Å². The molecular formula is C30H27FN6O. The summed E-state index contributed by atoms with van der Waals surface area (Å²) in [5.74, 6) is -1.08. The highest BCUT2D eigenvalue weighted by Crippen LogP contribution is 2.39. The predicted molar refractivity (Wildman–Crippen MR) is 146 cm³/mol. The molecule has 1 N–H and O–H groups in total. The van der Waals surface area contributed by atoms with Crippen LogP contribution in [0.1, 0.15) is 12.0 Å². The molecule has 5 heterocycles. The summed E-state index contributed by atoms with van der Waals surface area (Å²) in [6.45, 7) is 4.32. The highest BCUT2D eigenvalue weighted by Gasteiger charge is 2.41. The minimum Gasteiger partial charge on any atom is -0.505 e. The van der Waals surface area contributed by atoms with Crippen LogP contribution in [0.2, 0.25) is 0 Å². The van der Waals surface area contributed by atoms with Gasteiger partial charge in [-0.25, -0.2) is 13.9 Å². The Labute approximate surface area is 219 Å². The number of phenolic OH excluding ortho intramolecular Hbond substituents is 1. The van der Waals surface area contributed by atoms with Crippen LogP contribution >= 0.6 is 0 Å². The summed E-state index contributed by atoms with van der Waals surface area (Å²) in [6.07, 6.45) is 6.43. The molecule has 0 aliphatic carbocycles. The van der Waals surface area contributed by atoms with Gasteiger partial charge in [0.15, 0.2) is 17.2 Å². The van der Waals surface area contributed by atoms with E-state index in [0.717, 1.165) is 41.0 Å². The van der Waals surface area contributed by atoms with Crippen molar-refractivity contribution >= 4 is 11.3 Å². The quantitative estimate of drug-likeness (QED) is 0.363. The Bertz CT molecular complexity index is 1680. The number of hydrogen-bond acceptors (Lipinski definition) is 6. The number of pyridine rings is 1. The van der Waals surface area contributed by atoms with E-state index >= 15 is 0 Å². The van der Waals surface area contributed by atoms with Crippen molar-refractivity contribution in [3.05, 3.63) is 84.6 Å². The lowest BCUT2D eigenvalue weighted by molar-refractivity contribution is 0.292. The third-order valence-electron chi connectivity index (χ3n) is 8.04. The largest absolute Gasteiger partial charge is 0.505 e. The van der Waals surface area contributed by atoms with Crippen molar-refractivity contribution in [3.63, 3.8) is 0 Å². The Morgan fingerprint density at radius 3 is 2.47 bits per heavy atom. The monoisotopic (exact) mass is 506 g/mol. The number of phenols is 1. The maximum atomic E-state index is 13.9. The minimum atomic E-state index is -0.669. The summed E-state index contributed by atoms with van der Waals surface area (Å²) in [4.78, 5) is 13.8. The number of nitrogens with zero attached hydrogens (tertiary/aromatic N) is 6. The van der Waals surface area contributed by atoms with Gasteiger partial charge >= 0.3 is 0 Å². The second kappa shape index (κ2) is 8.63. The summed E-state index contributed by atoms with van der Waals surface area (Å²) in [6, 6.07) is 17.9. The van der Waals surface area contributed by atoms with E-state index < -0.39 is 11.6 Å². The number of aromatic hydroxyl groups is 1. The van der Waals surface area contributed by atoms with Crippen LogP contribution in [0.4, 0.5) is 10.1 Å². The van der Waals surface area contributed by atoms with Gasteiger partial charge in [0.2, 0.25) is 0 Å². The van der Waals surface area contributed by atoms with E-state index in [1.807, 2.05) is 22.7 Å². The van der Waals surface area contributed by atoms with E-state index in [1.54, 1.807) is 24.7 Å². The molecule has 2 saturated heterocycles. The van der Waals surface area contributed by atoms with Crippen molar-refractivity contribution in [2.24, 2.45) is 0 Å². The number of benzene rings is 2. The zero-order chi connectivity index (χ0) is 26.0. The number of aromatic nitrogens is 4. The van der Waals surface area contributed by atoms with Crippen molar-refractivity contribution in [2.45, 2.75) is 25.4 Å². The van der Waals surface area contributed by atoms with Crippen LogP contribution in [0.5, 0.6) is 5.75 Å². The van der Waals surface area contributed by atoms with Gasteiger partial charge in [-0.3, -0.25) is 9.88 Å². The van der Waals surface area contributed by atoms with Crippen molar-refractivity contribution in [1.29, 1.82) is 0 Å². The average molecular weight is 507 g/mol. The van der Waals surface area contributed by atoms with E-state index in [9.17, 15) is 9.50 Å². The lowest BCUT2D eigenvalue weighted by Crippen LogP contribution is -2.44. The maximum absolute atomic E-state index is 13.9. The Balaban J connectivity index is 1.37. The van der Waals surface area contributed by atoms with E-state index in [-0.39, 0.29) is 0 Å². The summed E-state index contributed by atoms with van der Waals surface area (Å²) >= 11 is 0. The van der Waals surface area contributed by atoms with Crippen LogP contribution < -0.4 is 4.90 Å². The fraction of sp³-hybridized carbons (Fsp3) is 0.233. The highest BCUT2D eigenvalue weighted by atomic mass is 19.1. The lowest BCUT2D eigenvalue weighted by atomic mass is 10.0. The zero-order valence-corrected chi connectivity index (χ0v) is 21.2. The molecule has 0 spiro atoms. The molecule has 7 rings (SSSR count). The first-order chi connectivity index (χ1) is 18.5. The highest BCUT2D eigenvalue weighted by molar-refractivity contribution is 5.91. The number of piperazine rings is 1. The average Bonchev–Trinajstić information content (AvgIpc) is 3.63. The van der Waals surface area contributed by atoms with Crippen LogP contribution in [0.15, 0.2) is 73.2 Å². The molecular weight excluding hydrogens is 479 g/mol. The van der Waals surface area contributed by atoms with Crippen LogP contribution in [-0.4, -0.2) is 61.8 Å². The molecule has 2 bridgehead atoms. The minimum absolute atomic E-state index is 0.410.